The van der Waals surface area contributed by atoms with E-state index in [1.807, 2.05) is 13.0 Å². The zero-order chi connectivity index (χ0) is 16.8. The van der Waals surface area contributed by atoms with Gasteiger partial charge in [-0.1, -0.05) is 35.9 Å². The third kappa shape index (κ3) is 2.41. The molecule has 24 heavy (non-hydrogen) atoms. The number of allylic oxidation sites excluding steroid dienone is 1. The molecule has 120 valence electrons. The van der Waals surface area contributed by atoms with Crippen LogP contribution < -0.4 is 0 Å². The second-order valence-electron chi connectivity index (χ2n) is 6.89. The van der Waals surface area contributed by atoms with Crippen LogP contribution in [0.15, 0.2) is 46.9 Å². The Hall–Kier alpha value is -2.54. The molecular weight excluding hydrogens is 292 g/mol. The summed E-state index contributed by atoms with van der Waals surface area (Å²) >= 11 is 0. The summed E-state index contributed by atoms with van der Waals surface area (Å²) in [5.74, 6) is 1.96. The third-order valence-electron chi connectivity index (χ3n) is 5.07. The Morgan fingerprint density at radius 2 is 1.62 bits per heavy atom. The molecule has 0 saturated carbocycles. The molecule has 0 N–H and O–H groups in total. The van der Waals surface area contributed by atoms with Gasteiger partial charge in [-0.15, -0.1) is 0 Å². The summed E-state index contributed by atoms with van der Waals surface area (Å²) in [6.07, 6.45) is 3.26. The van der Waals surface area contributed by atoms with Crippen molar-refractivity contribution in [1.29, 1.82) is 0 Å². The summed E-state index contributed by atoms with van der Waals surface area (Å²) in [7, 11) is 0. The summed E-state index contributed by atoms with van der Waals surface area (Å²) in [5.41, 5.74) is 10.7. The molecule has 0 bridgehead atoms. The van der Waals surface area contributed by atoms with Crippen LogP contribution in [-0.4, -0.2) is 0 Å². The first-order valence-electron chi connectivity index (χ1n) is 8.50. The van der Waals surface area contributed by atoms with Crippen molar-refractivity contribution in [3.63, 3.8) is 0 Å². The summed E-state index contributed by atoms with van der Waals surface area (Å²) in [6, 6.07) is 15.3. The van der Waals surface area contributed by atoms with Crippen molar-refractivity contribution < 1.29 is 4.42 Å². The van der Waals surface area contributed by atoms with E-state index in [1.165, 1.54) is 44.5 Å². The van der Waals surface area contributed by atoms with Crippen molar-refractivity contribution in [2.75, 3.05) is 0 Å². The van der Waals surface area contributed by atoms with Crippen molar-refractivity contribution in [2.24, 2.45) is 0 Å². The molecule has 1 nitrogen and oxygen atoms in total. The number of hydrogen-bond acceptors (Lipinski definition) is 1. The zero-order valence-electron chi connectivity index (χ0n) is 14.7. The highest BCUT2D eigenvalue weighted by atomic mass is 16.3. The third-order valence-corrected chi connectivity index (χ3v) is 5.07. The summed E-state index contributed by atoms with van der Waals surface area (Å²) in [4.78, 5) is 0. The van der Waals surface area contributed by atoms with Crippen LogP contribution in [-0.2, 0) is 6.42 Å². The Labute approximate surface area is 143 Å². The number of aryl methyl sites for hydroxylation is 3. The minimum Gasteiger partial charge on any atom is -0.462 e. The predicted octanol–water partition coefficient (Wildman–Crippen LogP) is 6.28. The van der Waals surface area contributed by atoms with Gasteiger partial charge >= 0.3 is 0 Å². The van der Waals surface area contributed by atoms with Crippen molar-refractivity contribution in [1.82, 2.24) is 0 Å². The van der Waals surface area contributed by atoms with E-state index in [9.17, 15) is 0 Å². The topological polar surface area (TPSA) is 13.1 Å². The first-order valence-corrected chi connectivity index (χ1v) is 8.50. The lowest BCUT2D eigenvalue weighted by Gasteiger charge is -2.15. The maximum atomic E-state index is 5.85. The van der Waals surface area contributed by atoms with Crippen LogP contribution in [0.5, 0.6) is 0 Å². The lowest BCUT2D eigenvalue weighted by Crippen LogP contribution is -1.95. The fraction of sp³-hybridized carbons (Fsp3) is 0.217. The molecule has 1 heterocycles. The largest absolute Gasteiger partial charge is 0.462 e. The SMILES string of the molecule is Cc1ccc(-c2c(C)c(C)cc3c2C=C(c2ccc(C)o2)C3)cc1. The molecule has 1 aliphatic rings. The summed E-state index contributed by atoms with van der Waals surface area (Å²) in [6.45, 7) is 8.57. The Bertz CT molecular complexity index is 952. The van der Waals surface area contributed by atoms with Gasteiger partial charge < -0.3 is 4.42 Å². The van der Waals surface area contributed by atoms with Gasteiger partial charge in [-0.25, -0.2) is 0 Å². The van der Waals surface area contributed by atoms with Crippen LogP contribution in [0, 0.1) is 27.7 Å². The fourth-order valence-electron chi connectivity index (χ4n) is 3.61. The molecule has 0 fully saturated rings. The predicted molar refractivity (Wildman–Crippen MR) is 101 cm³/mol. The van der Waals surface area contributed by atoms with Crippen LogP contribution in [0.3, 0.4) is 0 Å². The van der Waals surface area contributed by atoms with Crippen LogP contribution in [0.2, 0.25) is 0 Å². The molecule has 0 atom stereocenters. The van der Waals surface area contributed by atoms with Gasteiger partial charge in [-0.3, -0.25) is 0 Å². The van der Waals surface area contributed by atoms with Gasteiger partial charge in [0.1, 0.15) is 11.5 Å². The second kappa shape index (κ2) is 5.52. The average molecular weight is 314 g/mol. The van der Waals surface area contributed by atoms with E-state index in [4.69, 9.17) is 4.42 Å². The summed E-state index contributed by atoms with van der Waals surface area (Å²) < 4.78 is 5.85. The number of fused-ring (bicyclic) bond motifs is 1. The van der Waals surface area contributed by atoms with Gasteiger partial charge in [0.15, 0.2) is 0 Å². The molecule has 4 rings (SSSR count). The van der Waals surface area contributed by atoms with Crippen molar-refractivity contribution >= 4 is 11.6 Å². The molecule has 1 aromatic heterocycles. The van der Waals surface area contributed by atoms with Gasteiger partial charge in [0.2, 0.25) is 0 Å². The first kappa shape index (κ1) is 15.0. The fourth-order valence-corrected chi connectivity index (χ4v) is 3.61. The first-order chi connectivity index (χ1) is 11.5. The standard InChI is InChI=1S/C23H22O/c1-14-5-8-18(9-6-14)23-17(4)15(2)11-19-12-20(13-21(19)23)22-10-7-16(3)24-22/h5-11,13H,12H2,1-4H3. The van der Waals surface area contributed by atoms with E-state index in [0.717, 1.165) is 17.9 Å². The molecule has 0 aliphatic heterocycles. The van der Waals surface area contributed by atoms with E-state index in [-0.39, 0.29) is 0 Å². The molecule has 1 aliphatic carbocycles. The van der Waals surface area contributed by atoms with Crippen molar-refractivity contribution in [3.8, 4) is 11.1 Å². The Kier molecular flexibility index (Phi) is 3.45. The lowest BCUT2D eigenvalue weighted by molar-refractivity contribution is 0.521. The Morgan fingerprint density at radius 3 is 2.29 bits per heavy atom. The Balaban J connectivity index is 1.89. The van der Waals surface area contributed by atoms with E-state index in [1.54, 1.807) is 0 Å². The molecule has 0 spiro atoms. The van der Waals surface area contributed by atoms with Gasteiger partial charge in [0, 0.05) is 6.42 Å². The normalized spacial score (nSPS) is 13.1. The van der Waals surface area contributed by atoms with Crippen molar-refractivity contribution in [2.45, 2.75) is 34.1 Å². The minimum absolute atomic E-state index is 0.947. The highest BCUT2D eigenvalue weighted by molar-refractivity contribution is 5.94. The van der Waals surface area contributed by atoms with Gasteiger partial charge in [0.05, 0.1) is 0 Å². The molecule has 0 saturated heterocycles. The van der Waals surface area contributed by atoms with Gasteiger partial charge in [-0.2, -0.15) is 0 Å². The number of furan rings is 1. The lowest BCUT2D eigenvalue weighted by atomic mass is 9.89. The van der Waals surface area contributed by atoms with Gasteiger partial charge in [-0.05, 0) is 84.9 Å². The van der Waals surface area contributed by atoms with Gasteiger partial charge in [0.25, 0.3) is 0 Å². The number of benzene rings is 2. The number of rotatable bonds is 2. The molecular formula is C23H22O. The average Bonchev–Trinajstić information content (AvgIpc) is 3.16. The highest BCUT2D eigenvalue weighted by Crippen LogP contribution is 2.41. The molecule has 3 aromatic rings. The molecule has 0 radical (unpaired) electrons. The van der Waals surface area contributed by atoms with E-state index in [2.05, 4.69) is 63.2 Å². The number of hydrogen-bond donors (Lipinski definition) is 0. The Morgan fingerprint density at radius 1 is 0.875 bits per heavy atom. The van der Waals surface area contributed by atoms with E-state index in [0.29, 0.717) is 0 Å². The molecule has 0 amide bonds. The maximum absolute atomic E-state index is 5.85. The zero-order valence-corrected chi connectivity index (χ0v) is 14.7. The maximum Gasteiger partial charge on any atom is 0.130 e. The molecule has 1 heteroatoms. The van der Waals surface area contributed by atoms with Crippen LogP contribution in [0.4, 0.5) is 0 Å². The smallest absolute Gasteiger partial charge is 0.130 e. The van der Waals surface area contributed by atoms with Crippen LogP contribution >= 0.6 is 0 Å². The van der Waals surface area contributed by atoms with Crippen LogP contribution in [0.25, 0.3) is 22.8 Å². The van der Waals surface area contributed by atoms with E-state index < -0.39 is 0 Å². The molecule has 0 unspecified atom stereocenters. The summed E-state index contributed by atoms with van der Waals surface area (Å²) in [5, 5.41) is 0. The van der Waals surface area contributed by atoms with Crippen LogP contribution in [0.1, 0.15) is 39.3 Å². The monoisotopic (exact) mass is 314 g/mol. The second-order valence-corrected chi connectivity index (χ2v) is 6.89. The quantitative estimate of drug-likeness (QED) is 0.543. The van der Waals surface area contributed by atoms with E-state index >= 15 is 0 Å². The molecule has 2 aromatic carbocycles. The minimum atomic E-state index is 0.947. The van der Waals surface area contributed by atoms with Crippen molar-refractivity contribution in [3.05, 3.63) is 81.8 Å². The highest BCUT2D eigenvalue weighted by Gasteiger charge is 2.22.